The highest BCUT2D eigenvalue weighted by Crippen LogP contribution is 2.08. The number of nitrogens with zero attached hydrogens (tertiary/aromatic N) is 2. The Kier molecular flexibility index (Phi) is 4.36. The second-order valence-electron chi connectivity index (χ2n) is 3.90. The van der Waals surface area contributed by atoms with E-state index in [2.05, 4.69) is 5.10 Å². The summed E-state index contributed by atoms with van der Waals surface area (Å²) in [7, 11) is 0. The minimum absolute atomic E-state index is 0.0513. The summed E-state index contributed by atoms with van der Waals surface area (Å²) in [5, 5.41) is 19.3. The average Bonchev–Trinajstić information content (AvgIpc) is 2.34. The summed E-state index contributed by atoms with van der Waals surface area (Å²) in [6.07, 6.45) is 0. The van der Waals surface area contributed by atoms with Gasteiger partial charge in [0.15, 0.2) is 5.78 Å². The van der Waals surface area contributed by atoms with Crippen molar-refractivity contribution in [2.45, 2.75) is 13.8 Å². The van der Waals surface area contributed by atoms with E-state index >= 15 is 0 Å². The van der Waals surface area contributed by atoms with E-state index < -0.39 is 11.9 Å². The Hall–Kier alpha value is -2.70. The summed E-state index contributed by atoms with van der Waals surface area (Å²) in [6, 6.07) is 6.88. The normalized spacial score (nSPS) is 10.9. The van der Waals surface area contributed by atoms with Crippen molar-refractivity contribution in [2.75, 3.05) is 0 Å². The Morgan fingerprint density at radius 3 is 2.16 bits per heavy atom. The lowest BCUT2D eigenvalue weighted by Gasteiger charge is -2.15. The number of nitrogens with one attached hydrogen (secondary N) is 2. The van der Waals surface area contributed by atoms with E-state index in [4.69, 9.17) is 22.3 Å². The molecule has 0 aliphatic rings. The Bertz CT molecular complexity index is 549. The van der Waals surface area contributed by atoms with Crippen molar-refractivity contribution in [3.63, 3.8) is 0 Å². The molecule has 1 aromatic rings. The average molecular weight is 260 g/mol. The minimum atomic E-state index is -0.449. The summed E-state index contributed by atoms with van der Waals surface area (Å²) < 4.78 is 0. The molecule has 19 heavy (non-hydrogen) atoms. The molecule has 0 aromatic heterocycles. The highest BCUT2D eigenvalue weighted by Gasteiger charge is 2.10. The van der Waals surface area contributed by atoms with Crippen LogP contribution >= 0.6 is 0 Å². The summed E-state index contributed by atoms with van der Waals surface area (Å²) >= 11 is 0. The molecule has 0 amide bonds. The van der Waals surface area contributed by atoms with E-state index in [0.29, 0.717) is 16.8 Å². The molecule has 0 saturated carbocycles. The van der Waals surface area contributed by atoms with Gasteiger partial charge in [-0.2, -0.15) is 10.1 Å². The highest BCUT2D eigenvalue weighted by atomic mass is 16.1. The van der Waals surface area contributed by atoms with Crippen LogP contribution < -0.4 is 11.5 Å². The van der Waals surface area contributed by atoms with Gasteiger partial charge in [0.25, 0.3) is 0 Å². The predicted molar refractivity (Wildman–Crippen MR) is 74.3 cm³/mol. The van der Waals surface area contributed by atoms with Crippen molar-refractivity contribution in [1.29, 1.82) is 10.8 Å². The molecule has 0 bridgehead atoms. The molecule has 0 saturated heterocycles. The number of guanidine groups is 2. The number of carbonyl (C=O) groups excluding carboxylic acids is 1. The number of hydrogen-bond donors (Lipinski definition) is 4. The van der Waals surface area contributed by atoms with Crippen molar-refractivity contribution in [2.24, 2.45) is 16.6 Å². The topological polar surface area (TPSA) is 132 Å². The van der Waals surface area contributed by atoms with Gasteiger partial charge in [-0.15, -0.1) is 0 Å². The first kappa shape index (κ1) is 14.4. The van der Waals surface area contributed by atoms with Gasteiger partial charge in [-0.1, -0.05) is 18.2 Å². The summed E-state index contributed by atoms with van der Waals surface area (Å²) in [6.45, 7) is 3.15. The maximum absolute atomic E-state index is 11.3. The molecule has 0 spiro atoms. The van der Waals surface area contributed by atoms with Crippen LogP contribution in [-0.2, 0) is 0 Å². The zero-order chi connectivity index (χ0) is 14.6. The first-order chi connectivity index (χ1) is 8.82. The van der Waals surface area contributed by atoms with Crippen LogP contribution in [0, 0.1) is 10.8 Å². The summed E-state index contributed by atoms with van der Waals surface area (Å²) in [5.41, 5.74) is 12.3. The van der Waals surface area contributed by atoms with Crippen LogP contribution in [0.2, 0.25) is 0 Å². The van der Waals surface area contributed by atoms with Crippen LogP contribution in [0.15, 0.2) is 29.4 Å². The van der Waals surface area contributed by atoms with Gasteiger partial charge in [0.2, 0.25) is 11.9 Å². The van der Waals surface area contributed by atoms with Gasteiger partial charge in [0, 0.05) is 5.56 Å². The zero-order valence-corrected chi connectivity index (χ0v) is 10.8. The van der Waals surface area contributed by atoms with E-state index in [-0.39, 0.29) is 5.78 Å². The van der Waals surface area contributed by atoms with Crippen LogP contribution in [-0.4, -0.2) is 28.4 Å². The van der Waals surface area contributed by atoms with Gasteiger partial charge < -0.3 is 11.5 Å². The number of rotatable bonds is 3. The maximum Gasteiger partial charge on any atom is 0.216 e. The fraction of sp³-hybridized carbons (Fsp3) is 0.167. The Balaban J connectivity index is 3.14. The lowest BCUT2D eigenvalue weighted by Crippen LogP contribution is -2.41. The number of Topliss-reactive ketones (excluding diaryl/α,β-unsaturated/α-hetero) is 1. The van der Waals surface area contributed by atoms with Crippen LogP contribution in [0.5, 0.6) is 0 Å². The smallest absolute Gasteiger partial charge is 0.216 e. The van der Waals surface area contributed by atoms with Crippen molar-refractivity contribution in [3.05, 3.63) is 35.4 Å². The summed E-state index contributed by atoms with van der Waals surface area (Å²) in [5.74, 6) is -0.950. The molecule has 0 unspecified atom stereocenters. The van der Waals surface area contributed by atoms with Crippen molar-refractivity contribution in [3.8, 4) is 0 Å². The Morgan fingerprint density at radius 1 is 1.16 bits per heavy atom. The molecule has 0 atom stereocenters. The number of hydrogen-bond acceptors (Lipinski definition) is 4. The first-order valence-corrected chi connectivity index (χ1v) is 5.47. The lowest BCUT2D eigenvalue weighted by molar-refractivity contribution is 0.101. The maximum atomic E-state index is 11.3. The van der Waals surface area contributed by atoms with E-state index in [1.807, 2.05) is 0 Å². The molecule has 1 aromatic carbocycles. The van der Waals surface area contributed by atoms with Gasteiger partial charge in [0.05, 0.1) is 5.71 Å². The van der Waals surface area contributed by atoms with Crippen LogP contribution in [0.3, 0.4) is 0 Å². The fourth-order valence-corrected chi connectivity index (χ4v) is 1.41. The third kappa shape index (κ3) is 3.63. The van der Waals surface area contributed by atoms with Crippen LogP contribution in [0.25, 0.3) is 0 Å². The first-order valence-electron chi connectivity index (χ1n) is 5.47. The Morgan fingerprint density at radius 2 is 1.68 bits per heavy atom. The van der Waals surface area contributed by atoms with Crippen LogP contribution in [0.4, 0.5) is 0 Å². The molecular formula is C12H16N6O. The van der Waals surface area contributed by atoms with Gasteiger partial charge >= 0.3 is 0 Å². The monoisotopic (exact) mass is 260 g/mol. The SMILES string of the molecule is CC(=O)c1cccc(C(C)=NN(C(=N)N)C(=N)N)c1. The molecule has 0 fully saturated rings. The standard InChI is InChI=1S/C12H16N6O/c1-7(17-18(11(13)14)12(15)16)9-4-3-5-10(6-9)8(2)19/h3-6H,1-2H3,(H3,13,14)(H3,15,16). The molecule has 0 aliphatic carbocycles. The minimum Gasteiger partial charge on any atom is -0.368 e. The van der Waals surface area contributed by atoms with Gasteiger partial charge in [-0.3, -0.25) is 15.6 Å². The van der Waals surface area contributed by atoms with E-state index in [1.54, 1.807) is 31.2 Å². The molecule has 7 heteroatoms. The Labute approximate surface area is 110 Å². The number of nitrogens with two attached hydrogens (primary N) is 2. The molecule has 0 heterocycles. The quantitative estimate of drug-likeness (QED) is 0.275. The number of hydrazone groups is 1. The molecule has 1 rings (SSSR count). The molecule has 100 valence electrons. The van der Waals surface area contributed by atoms with Crippen molar-refractivity contribution >= 4 is 23.4 Å². The van der Waals surface area contributed by atoms with Crippen LogP contribution in [0.1, 0.15) is 29.8 Å². The summed E-state index contributed by atoms with van der Waals surface area (Å²) in [4.78, 5) is 11.3. The number of carbonyl (C=O) groups is 1. The van der Waals surface area contributed by atoms with E-state index in [1.165, 1.54) is 6.92 Å². The number of benzene rings is 1. The largest absolute Gasteiger partial charge is 0.368 e. The number of ketones is 1. The molecule has 7 nitrogen and oxygen atoms in total. The zero-order valence-electron chi connectivity index (χ0n) is 10.8. The van der Waals surface area contributed by atoms with Crippen molar-refractivity contribution < 1.29 is 4.79 Å². The lowest BCUT2D eigenvalue weighted by atomic mass is 10.1. The third-order valence-electron chi connectivity index (χ3n) is 2.39. The molecule has 6 N–H and O–H groups in total. The van der Waals surface area contributed by atoms with Gasteiger partial charge in [-0.25, -0.2) is 0 Å². The predicted octanol–water partition coefficient (Wildman–Crippen LogP) is 0.702. The van der Waals surface area contributed by atoms with Gasteiger partial charge in [-0.05, 0) is 25.5 Å². The fourth-order valence-electron chi connectivity index (χ4n) is 1.41. The second kappa shape index (κ2) is 5.76. The van der Waals surface area contributed by atoms with E-state index in [0.717, 1.165) is 5.01 Å². The molecule has 0 radical (unpaired) electrons. The van der Waals surface area contributed by atoms with Crippen molar-refractivity contribution in [1.82, 2.24) is 5.01 Å². The highest BCUT2D eigenvalue weighted by molar-refractivity contribution is 6.04. The van der Waals surface area contributed by atoms with E-state index in [9.17, 15) is 4.79 Å². The molecule has 0 aliphatic heterocycles. The third-order valence-corrected chi connectivity index (χ3v) is 2.39. The second-order valence-corrected chi connectivity index (χ2v) is 3.90. The molecular weight excluding hydrogens is 244 g/mol. The van der Waals surface area contributed by atoms with Gasteiger partial charge in [0.1, 0.15) is 0 Å².